The molecule has 0 bridgehead atoms. The molecule has 0 saturated carbocycles. The molecule has 1 atom stereocenters. The lowest BCUT2D eigenvalue weighted by molar-refractivity contribution is 0.378. The summed E-state index contributed by atoms with van der Waals surface area (Å²) in [4.78, 5) is 0. The Balaban J connectivity index is 2.19. The van der Waals surface area contributed by atoms with Gasteiger partial charge in [-0.1, -0.05) is 37.1 Å². The van der Waals surface area contributed by atoms with Crippen LogP contribution in [0, 0.1) is 11.3 Å². The highest BCUT2D eigenvalue weighted by Gasteiger charge is 2.34. The van der Waals surface area contributed by atoms with E-state index in [2.05, 4.69) is 23.2 Å². The second-order valence-electron chi connectivity index (χ2n) is 5.15. The summed E-state index contributed by atoms with van der Waals surface area (Å²) in [5, 5.41) is 17.3. The highest BCUT2D eigenvalue weighted by Crippen LogP contribution is 2.43. The Morgan fingerprint density at radius 2 is 2.14 bits per heavy atom. The molecular weight excluding hydrogens is 300 g/mol. The summed E-state index contributed by atoms with van der Waals surface area (Å²) in [7, 11) is 0. The lowest BCUT2D eigenvalue weighted by Crippen LogP contribution is -2.21. The molecule has 3 N–H and O–H groups in total. The van der Waals surface area contributed by atoms with E-state index in [0.29, 0.717) is 16.5 Å². The van der Waals surface area contributed by atoms with Crippen molar-refractivity contribution in [3.63, 3.8) is 0 Å². The third-order valence-electron chi connectivity index (χ3n) is 3.72. The van der Waals surface area contributed by atoms with Gasteiger partial charge in [-0.15, -0.1) is 5.10 Å². The number of ether oxygens (including phenoxy) is 1. The molecule has 0 fully saturated rings. The average molecular weight is 315 g/mol. The van der Waals surface area contributed by atoms with Crippen molar-refractivity contribution in [1.29, 1.82) is 5.26 Å². The number of hydrogen-bond donors (Lipinski definition) is 2. The van der Waals surface area contributed by atoms with Crippen molar-refractivity contribution < 1.29 is 4.74 Å². The van der Waals surface area contributed by atoms with Gasteiger partial charge < -0.3 is 10.5 Å². The smallest absolute Gasteiger partial charge is 0.244 e. The fourth-order valence-electron chi connectivity index (χ4n) is 2.74. The molecule has 0 amide bonds. The van der Waals surface area contributed by atoms with Gasteiger partial charge in [0.05, 0.1) is 5.92 Å². The number of aryl methyl sites for hydroxylation is 1. The van der Waals surface area contributed by atoms with Crippen molar-refractivity contribution in [1.82, 2.24) is 10.2 Å². The van der Waals surface area contributed by atoms with Crippen LogP contribution >= 0.6 is 11.6 Å². The minimum absolute atomic E-state index is 0.101. The summed E-state index contributed by atoms with van der Waals surface area (Å²) < 4.78 is 5.50. The van der Waals surface area contributed by atoms with E-state index in [1.807, 2.05) is 12.1 Å². The number of aromatic amines is 1. The molecule has 0 radical (unpaired) electrons. The molecule has 2 aromatic rings. The SMILES string of the molecule is CCCc1[nH]nc2c1C(c1ccc(Cl)cc1)C(C#N)=C(N)O2. The van der Waals surface area contributed by atoms with Crippen molar-refractivity contribution in [3.05, 3.63) is 57.6 Å². The van der Waals surface area contributed by atoms with E-state index in [1.54, 1.807) is 12.1 Å². The second-order valence-corrected chi connectivity index (χ2v) is 5.58. The largest absolute Gasteiger partial charge is 0.420 e. The summed E-state index contributed by atoms with van der Waals surface area (Å²) in [6.45, 7) is 2.09. The first-order valence-corrected chi connectivity index (χ1v) is 7.43. The third-order valence-corrected chi connectivity index (χ3v) is 3.97. The molecule has 0 saturated heterocycles. The van der Waals surface area contributed by atoms with Gasteiger partial charge in [0, 0.05) is 16.3 Å². The number of nitriles is 1. The minimum atomic E-state index is -0.286. The molecule has 112 valence electrons. The monoisotopic (exact) mass is 314 g/mol. The number of halogens is 1. The standard InChI is InChI=1S/C16H15ClN4O/c1-2-3-12-14-13(9-4-6-10(17)7-5-9)11(8-18)15(19)22-16(14)21-20-12/h4-7,13H,2-3,19H2,1H3,(H,20,21). The lowest BCUT2D eigenvalue weighted by Gasteiger charge is -2.24. The van der Waals surface area contributed by atoms with Crippen LogP contribution in [0.4, 0.5) is 0 Å². The van der Waals surface area contributed by atoms with Crippen LogP contribution in [-0.4, -0.2) is 10.2 Å². The normalized spacial score (nSPS) is 16.9. The van der Waals surface area contributed by atoms with E-state index in [1.165, 1.54) is 0 Å². The van der Waals surface area contributed by atoms with Gasteiger partial charge in [-0.05, 0) is 24.1 Å². The molecule has 3 rings (SSSR count). The van der Waals surface area contributed by atoms with Gasteiger partial charge in [-0.3, -0.25) is 5.10 Å². The summed E-state index contributed by atoms with van der Waals surface area (Å²) in [6, 6.07) is 9.57. The van der Waals surface area contributed by atoms with Crippen molar-refractivity contribution in [2.75, 3.05) is 0 Å². The van der Waals surface area contributed by atoms with Gasteiger partial charge in [0.25, 0.3) is 0 Å². The highest BCUT2D eigenvalue weighted by molar-refractivity contribution is 6.30. The molecule has 1 unspecified atom stereocenters. The second kappa shape index (κ2) is 5.74. The molecule has 0 spiro atoms. The number of aromatic nitrogens is 2. The van der Waals surface area contributed by atoms with Gasteiger partial charge in [-0.2, -0.15) is 5.26 Å². The zero-order chi connectivity index (χ0) is 15.7. The fraction of sp³-hybridized carbons (Fsp3) is 0.250. The van der Waals surface area contributed by atoms with Crippen LogP contribution in [0.25, 0.3) is 0 Å². The molecule has 5 nitrogen and oxygen atoms in total. The van der Waals surface area contributed by atoms with Gasteiger partial charge >= 0.3 is 0 Å². The van der Waals surface area contributed by atoms with E-state index < -0.39 is 0 Å². The van der Waals surface area contributed by atoms with Crippen LogP contribution in [0.1, 0.15) is 36.1 Å². The van der Waals surface area contributed by atoms with Gasteiger partial charge in [0.15, 0.2) is 0 Å². The number of nitrogens with one attached hydrogen (secondary N) is 1. The topological polar surface area (TPSA) is 87.7 Å². The number of nitrogens with two attached hydrogens (primary N) is 1. The van der Waals surface area contributed by atoms with Crippen molar-refractivity contribution in [2.45, 2.75) is 25.7 Å². The molecule has 22 heavy (non-hydrogen) atoms. The Hall–Kier alpha value is -2.45. The molecule has 1 aliphatic heterocycles. The van der Waals surface area contributed by atoms with Gasteiger partial charge in [-0.25, -0.2) is 0 Å². The van der Waals surface area contributed by atoms with Crippen molar-refractivity contribution in [3.8, 4) is 11.9 Å². The molecule has 0 aliphatic carbocycles. The maximum Gasteiger partial charge on any atom is 0.244 e. The molecule has 2 heterocycles. The van der Waals surface area contributed by atoms with Crippen LogP contribution in [-0.2, 0) is 6.42 Å². The van der Waals surface area contributed by atoms with Gasteiger partial charge in [0.2, 0.25) is 11.8 Å². The Kier molecular flexibility index (Phi) is 3.78. The Labute approximate surface area is 133 Å². The predicted molar refractivity (Wildman–Crippen MR) is 83.3 cm³/mol. The number of benzene rings is 1. The van der Waals surface area contributed by atoms with E-state index in [-0.39, 0.29) is 11.8 Å². The minimum Gasteiger partial charge on any atom is -0.420 e. The molecule has 1 aliphatic rings. The first-order valence-electron chi connectivity index (χ1n) is 7.05. The van der Waals surface area contributed by atoms with Crippen LogP contribution in [0.15, 0.2) is 35.7 Å². The summed E-state index contributed by atoms with van der Waals surface area (Å²) in [5.41, 5.74) is 9.09. The molecular formula is C16H15ClN4O. The lowest BCUT2D eigenvalue weighted by atomic mass is 9.83. The van der Waals surface area contributed by atoms with E-state index in [4.69, 9.17) is 22.1 Å². The zero-order valence-electron chi connectivity index (χ0n) is 12.1. The maximum atomic E-state index is 9.51. The molecule has 6 heteroatoms. The molecule has 1 aromatic carbocycles. The Morgan fingerprint density at radius 1 is 1.41 bits per heavy atom. The number of allylic oxidation sites excluding steroid dienone is 1. The quantitative estimate of drug-likeness (QED) is 0.910. The van der Waals surface area contributed by atoms with Crippen LogP contribution < -0.4 is 10.5 Å². The summed E-state index contributed by atoms with van der Waals surface area (Å²) >= 11 is 5.96. The summed E-state index contributed by atoms with van der Waals surface area (Å²) in [5.74, 6) is 0.260. The number of H-pyrrole nitrogens is 1. The van der Waals surface area contributed by atoms with Crippen LogP contribution in [0.5, 0.6) is 5.88 Å². The van der Waals surface area contributed by atoms with E-state index in [0.717, 1.165) is 29.7 Å². The van der Waals surface area contributed by atoms with Crippen molar-refractivity contribution in [2.24, 2.45) is 5.73 Å². The zero-order valence-corrected chi connectivity index (χ0v) is 12.8. The summed E-state index contributed by atoms with van der Waals surface area (Å²) in [6.07, 6.45) is 1.79. The number of hydrogen-bond acceptors (Lipinski definition) is 4. The number of rotatable bonds is 3. The highest BCUT2D eigenvalue weighted by atomic mass is 35.5. The first kappa shape index (κ1) is 14.5. The van der Waals surface area contributed by atoms with Crippen molar-refractivity contribution >= 4 is 11.6 Å². The fourth-order valence-corrected chi connectivity index (χ4v) is 2.86. The number of fused-ring (bicyclic) bond motifs is 1. The molecule has 1 aromatic heterocycles. The Morgan fingerprint density at radius 3 is 2.77 bits per heavy atom. The van der Waals surface area contributed by atoms with E-state index in [9.17, 15) is 5.26 Å². The first-order chi connectivity index (χ1) is 10.7. The Bertz CT molecular complexity index is 770. The van der Waals surface area contributed by atoms with Crippen LogP contribution in [0.2, 0.25) is 5.02 Å². The predicted octanol–water partition coefficient (Wildman–Crippen LogP) is 3.23. The van der Waals surface area contributed by atoms with Gasteiger partial charge in [0.1, 0.15) is 11.6 Å². The maximum absolute atomic E-state index is 9.51. The average Bonchev–Trinajstić information content (AvgIpc) is 2.90. The number of nitrogens with zero attached hydrogens (tertiary/aromatic N) is 2. The van der Waals surface area contributed by atoms with E-state index >= 15 is 0 Å². The van der Waals surface area contributed by atoms with Crippen LogP contribution in [0.3, 0.4) is 0 Å². The third kappa shape index (κ3) is 2.32.